The zero-order valence-electron chi connectivity index (χ0n) is 16.9. The van der Waals surface area contributed by atoms with Crippen molar-refractivity contribution in [3.63, 3.8) is 0 Å². The van der Waals surface area contributed by atoms with E-state index < -0.39 is 11.4 Å². The number of amides is 1. The Morgan fingerprint density at radius 1 is 1.19 bits per heavy atom. The first-order chi connectivity index (χ1) is 15.1. The summed E-state index contributed by atoms with van der Waals surface area (Å²) in [5.74, 6) is 0.279. The van der Waals surface area contributed by atoms with E-state index >= 15 is 0 Å². The van der Waals surface area contributed by atoms with Crippen LogP contribution in [-0.2, 0) is 17.9 Å². The standard InChI is InChI=1S/C22H20N6O2S/c1-31(30)28-7-6-16(13-28)22(29)25-10-17-8-19-15(9-24-17)4-5-18(26-19)21-12-23-11-20(27-21)14-2-3-14/h4-9,11-14H,2-3,10H2,1H3,(H,25,29). The zero-order valence-corrected chi connectivity index (χ0v) is 17.7. The van der Waals surface area contributed by atoms with E-state index in [0.717, 1.165) is 28.0 Å². The third-order valence-electron chi connectivity index (χ3n) is 5.20. The van der Waals surface area contributed by atoms with Crippen LogP contribution >= 0.6 is 0 Å². The highest BCUT2D eigenvalue weighted by atomic mass is 32.2. The fourth-order valence-corrected chi connectivity index (χ4v) is 3.82. The second kappa shape index (κ2) is 8.09. The lowest BCUT2D eigenvalue weighted by atomic mass is 10.2. The zero-order chi connectivity index (χ0) is 21.4. The van der Waals surface area contributed by atoms with Gasteiger partial charge in [-0.15, -0.1) is 0 Å². The van der Waals surface area contributed by atoms with Gasteiger partial charge < -0.3 is 9.87 Å². The molecule has 9 heteroatoms. The molecule has 1 atom stereocenters. The van der Waals surface area contributed by atoms with Crippen LogP contribution in [0.2, 0.25) is 0 Å². The topological polar surface area (TPSA) is 109 Å². The Balaban J connectivity index is 1.34. The first-order valence-electron chi connectivity index (χ1n) is 9.95. The molecule has 1 N–H and O–H groups in total. The molecule has 1 saturated carbocycles. The van der Waals surface area contributed by atoms with Crippen molar-refractivity contribution < 1.29 is 9.35 Å². The van der Waals surface area contributed by atoms with Gasteiger partial charge in [0.15, 0.2) is 0 Å². The average molecular weight is 433 g/mol. The van der Waals surface area contributed by atoms with Crippen molar-refractivity contribution in [2.24, 2.45) is 0 Å². The van der Waals surface area contributed by atoms with Crippen LogP contribution in [-0.4, -0.2) is 40.6 Å². The van der Waals surface area contributed by atoms with E-state index in [1.165, 1.54) is 16.8 Å². The maximum atomic E-state index is 12.4. The number of rotatable bonds is 6. The number of carbonyl (C=O) groups excluding carboxylic acids is 1. The summed E-state index contributed by atoms with van der Waals surface area (Å²) in [6.07, 6.45) is 12.4. The third kappa shape index (κ3) is 4.28. The summed E-state index contributed by atoms with van der Waals surface area (Å²) in [6, 6.07) is 7.39. The van der Waals surface area contributed by atoms with Crippen LogP contribution in [0.5, 0.6) is 0 Å². The maximum Gasteiger partial charge on any atom is 0.253 e. The molecule has 1 amide bonds. The molecule has 0 aliphatic heterocycles. The van der Waals surface area contributed by atoms with Crippen LogP contribution in [0.15, 0.2) is 55.2 Å². The Kier molecular flexibility index (Phi) is 5.13. The number of aromatic nitrogens is 5. The van der Waals surface area contributed by atoms with Crippen molar-refractivity contribution in [2.45, 2.75) is 25.3 Å². The molecule has 0 spiro atoms. The highest BCUT2D eigenvalue weighted by Gasteiger charge is 2.25. The van der Waals surface area contributed by atoms with Gasteiger partial charge in [0.2, 0.25) is 0 Å². The van der Waals surface area contributed by atoms with Gasteiger partial charge in [0.1, 0.15) is 11.9 Å². The molecule has 31 heavy (non-hydrogen) atoms. The molecule has 0 aromatic carbocycles. The minimum Gasteiger partial charge on any atom is -0.593 e. The summed E-state index contributed by atoms with van der Waals surface area (Å²) in [6.45, 7) is 0.262. The summed E-state index contributed by atoms with van der Waals surface area (Å²) in [5.41, 5.74) is 4.47. The van der Waals surface area contributed by atoms with Crippen LogP contribution < -0.4 is 5.32 Å². The van der Waals surface area contributed by atoms with Gasteiger partial charge in [0, 0.05) is 23.7 Å². The predicted octanol–water partition coefficient (Wildman–Crippen LogP) is 2.84. The summed E-state index contributed by atoms with van der Waals surface area (Å²) in [5, 5.41) is 3.75. The molecular weight excluding hydrogens is 412 g/mol. The highest BCUT2D eigenvalue weighted by Crippen LogP contribution is 2.39. The van der Waals surface area contributed by atoms with E-state index in [-0.39, 0.29) is 12.5 Å². The molecular formula is C22H20N6O2S. The van der Waals surface area contributed by atoms with E-state index in [1.54, 1.807) is 37.1 Å². The normalized spacial score (nSPS) is 14.5. The number of carbonyl (C=O) groups is 1. The number of hydrogen-bond acceptors (Lipinski definition) is 6. The minimum absolute atomic E-state index is 0.250. The smallest absolute Gasteiger partial charge is 0.253 e. The largest absolute Gasteiger partial charge is 0.593 e. The van der Waals surface area contributed by atoms with Gasteiger partial charge in [0.05, 0.1) is 64.7 Å². The Morgan fingerprint density at radius 3 is 2.84 bits per heavy atom. The molecule has 4 heterocycles. The Hall–Kier alpha value is -3.30. The van der Waals surface area contributed by atoms with E-state index in [0.29, 0.717) is 17.2 Å². The lowest BCUT2D eigenvalue weighted by Gasteiger charge is -2.07. The molecule has 0 bridgehead atoms. The first-order valence-corrected chi connectivity index (χ1v) is 11.5. The molecule has 1 unspecified atom stereocenters. The number of nitrogens with one attached hydrogen (secondary N) is 1. The Morgan fingerprint density at radius 2 is 2.06 bits per heavy atom. The van der Waals surface area contributed by atoms with E-state index in [9.17, 15) is 9.35 Å². The summed E-state index contributed by atoms with van der Waals surface area (Å²) in [7, 11) is 0. The molecule has 0 saturated heterocycles. The second-order valence-corrected chi connectivity index (χ2v) is 8.80. The maximum absolute atomic E-state index is 12.4. The number of nitrogens with zero attached hydrogens (tertiary/aromatic N) is 5. The van der Waals surface area contributed by atoms with Crippen molar-refractivity contribution in [3.05, 3.63) is 72.2 Å². The SMILES string of the molecule is C[S+]([O-])n1ccc(C(=O)NCc2cc3nc(-c4cncc(C5CC5)n4)ccc3cn2)c1. The van der Waals surface area contributed by atoms with Crippen LogP contribution in [0.4, 0.5) is 0 Å². The molecule has 1 aliphatic carbocycles. The Bertz CT molecular complexity index is 1270. The fourth-order valence-electron chi connectivity index (χ4n) is 3.32. The van der Waals surface area contributed by atoms with Crippen molar-refractivity contribution in [3.8, 4) is 11.4 Å². The predicted molar refractivity (Wildman–Crippen MR) is 118 cm³/mol. The first kappa shape index (κ1) is 19.7. The van der Waals surface area contributed by atoms with Crippen LogP contribution in [0, 0.1) is 0 Å². The molecule has 5 rings (SSSR count). The highest BCUT2D eigenvalue weighted by molar-refractivity contribution is 7.89. The number of hydrogen-bond donors (Lipinski definition) is 1. The van der Waals surface area contributed by atoms with Crippen LogP contribution in [0.1, 0.15) is 40.5 Å². The van der Waals surface area contributed by atoms with Crippen molar-refractivity contribution in [2.75, 3.05) is 6.26 Å². The van der Waals surface area contributed by atoms with Gasteiger partial charge in [-0.3, -0.25) is 14.8 Å². The quantitative estimate of drug-likeness (QED) is 0.469. The van der Waals surface area contributed by atoms with Gasteiger partial charge in [-0.1, -0.05) is 0 Å². The second-order valence-electron chi connectivity index (χ2n) is 7.53. The number of fused-ring (bicyclic) bond motifs is 1. The van der Waals surface area contributed by atoms with Gasteiger partial charge in [-0.25, -0.2) is 9.97 Å². The molecule has 4 aromatic rings. The molecule has 156 valence electrons. The van der Waals surface area contributed by atoms with Crippen LogP contribution in [0.25, 0.3) is 22.3 Å². The lowest BCUT2D eigenvalue weighted by Crippen LogP contribution is -2.23. The van der Waals surface area contributed by atoms with Crippen molar-refractivity contribution in [1.82, 2.24) is 29.2 Å². The van der Waals surface area contributed by atoms with Crippen molar-refractivity contribution >= 4 is 28.2 Å². The number of pyridine rings is 2. The van der Waals surface area contributed by atoms with Gasteiger partial charge >= 0.3 is 0 Å². The molecule has 1 fully saturated rings. The van der Waals surface area contributed by atoms with Gasteiger partial charge in [0.25, 0.3) is 5.91 Å². The monoisotopic (exact) mass is 432 g/mol. The molecule has 1 aliphatic rings. The summed E-state index contributed by atoms with van der Waals surface area (Å²) < 4.78 is 13.0. The summed E-state index contributed by atoms with van der Waals surface area (Å²) in [4.78, 5) is 30.6. The lowest BCUT2D eigenvalue weighted by molar-refractivity contribution is 0.0950. The fraction of sp³-hybridized carbons (Fsp3) is 0.227. The molecule has 4 aromatic heterocycles. The molecule has 8 nitrogen and oxygen atoms in total. The molecule has 0 radical (unpaired) electrons. The Labute approximate surface area is 182 Å². The van der Waals surface area contributed by atoms with Gasteiger partial charge in [-0.2, -0.15) is 3.97 Å². The van der Waals surface area contributed by atoms with Crippen molar-refractivity contribution in [1.29, 1.82) is 0 Å². The van der Waals surface area contributed by atoms with Crippen LogP contribution in [0.3, 0.4) is 0 Å². The minimum atomic E-state index is -1.19. The van der Waals surface area contributed by atoms with Gasteiger partial charge in [-0.05, 0) is 37.1 Å². The average Bonchev–Trinajstić information content (AvgIpc) is 3.52. The van der Waals surface area contributed by atoms with E-state index in [4.69, 9.17) is 9.97 Å². The van der Waals surface area contributed by atoms with E-state index in [1.807, 2.05) is 24.4 Å². The third-order valence-corrected chi connectivity index (χ3v) is 6.02. The van der Waals surface area contributed by atoms with E-state index in [2.05, 4.69) is 15.3 Å². The summed E-state index contributed by atoms with van der Waals surface area (Å²) >= 11 is -1.19.